The monoisotopic (exact) mass is 205 g/mol. The molecule has 0 radical (unpaired) electrons. The first-order valence-electron chi connectivity index (χ1n) is 5.15. The lowest BCUT2D eigenvalue weighted by molar-refractivity contribution is 0.218. The van der Waals surface area contributed by atoms with Crippen LogP contribution in [0.25, 0.3) is 0 Å². The molecule has 0 amide bonds. The van der Waals surface area contributed by atoms with Gasteiger partial charge >= 0.3 is 0 Å². The summed E-state index contributed by atoms with van der Waals surface area (Å²) >= 11 is 1.95. The van der Waals surface area contributed by atoms with Gasteiger partial charge in [0.15, 0.2) is 0 Å². The second-order valence-corrected chi connectivity index (χ2v) is 4.30. The van der Waals surface area contributed by atoms with Gasteiger partial charge in [0, 0.05) is 31.2 Å². The van der Waals surface area contributed by atoms with E-state index in [4.69, 9.17) is 4.74 Å². The summed E-state index contributed by atoms with van der Waals surface area (Å²) in [5, 5.41) is 3.53. The predicted octanol–water partition coefficient (Wildman–Crippen LogP) is 2.14. The largest absolute Gasteiger partial charge is 0.384 e. The fraction of sp³-hybridized carbons (Fsp3) is 1.00. The third-order valence-electron chi connectivity index (χ3n) is 2.10. The van der Waals surface area contributed by atoms with Gasteiger partial charge in [-0.15, -0.1) is 0 Å². The minimum atomic E-state index is 0.711. The molecule has 0 fully saturated rings. The van der Waals surface area contributed by atoms with Crippen LogP contribution in [0.4, 0.5) is 0 Å². The summed E-state index contributed by atoms with van der Waals surface area (Å²) in [6.45, 7) is 6.47. The fourth-order valence-electron chi connectivity index (χ4n) is 1.16. The zero-order chi connectivity index (χ0) is 9.94. The Morgan fingerprint density at radius 1 is 1.23 bits per heavy atom. The van der Waals surface area contributed by atoms with E-state index in [2.05, 4.69) is 19.2 Å². The van der Waals surface area contributed by atoms with E-state index in [1.807, 2.05) is 11.8 Å². The molecule has 80 valence electrons. The predicted molar refractivity (Wildman–Crippen MR) is 61.6 cm³/mol. The quantitative estimate of drug-likeness (QED) is 0.583. The first kappa shape index (κ1) is 13.3. The molecule has 0 aliphatic heterocycles. The van der Waals surface area contributed by atoms with Crippen LogP contribution < -0.4 is 5.32 Å². The van der Waals surface area contributed by atoms with Crippen LogP contribution in [0.1, 0.15) is 26.7 Å². The number of thioether (sulfide) groups is 1. The summed E-state index contributed by atoms with van der Waals surface area (Å²) in [4.78, 5) is 0. The molecule has 0 aromatic rings. The van der Waals surface area contributed by atoms with E-state index in [-0.39, 0.29) is 0 Å². The second kappa shape index (κ2) is 10.4. The van der Waals surface area contributed by atoms with Crippen molar-refractivity contribution in [1.29, 1.82) is 0 Å². The molecule has 3 heteroatoms. The molecular formula is C10H23NOS. The minimum Gasteiger partial charge on any atom is -0.384 e. The summed E-state index contributed by atoms with van der Waals surface area (Å²) in [5.74, 6) is 2.31. The lowest BCUT2D eigenvalue weighted by atomic mass is 10.2. The highest BCUT2D eigenvalue weighted by molar-refractivity contribution is 7.99. The maximum atomic E-state index is 4.97. The van der Waals surface area contributed by atoms with E-state index in [9.17, 15) is 0 Å². The lowest BCUT2D eigenvalue weighted by Gasteiger charge is -2.13. The van der Waals surface area contributed by atoms with E-state index >= 15 is 0 Å². The van der Waals surface area contributed by atoms with Crippen LogP contribution in [0.2, 0.25) is 0 Å². The highest BCUT2D eigenvalue weighted by Gasteiger charge is 2.00. The van der Waals surface area contributed by atoms with Crippen LogP contribution in [0, 0.1) is 0 Å². The van der Waals surface area contributed by atoms with Gasteiger partial charge in [0.1, 0.15) is 0 Å². The topological polar surface area (TPSA) is 21.3 Å². The van der Waals surface area contributed by atoms with Gasteiger partial charge in [0.25, 0.3) is 0 Å². The molecule has 0 aromatic heterocycles. The number of hydrogen-bond acceptors (Lipinski definition) is 3. The third-order valence-corrected chi connectivity index (χ3v) is 3.04. The summed E-state index contributed by atoms with van der Waals surface area (Å²) < 4.78 is 4.97. The Labute approximate surface area is 86.8 Å². The summed E-state index contributed by atoms with van der Waals surface area (Å²) in [7, 11) is 1.75. The maximum absolute atomic E-state index is 4.97. The van der Waals surface area contributed by atoms with Crippen molar-refractivity contribution in [2.24, 2.45) is 0 Å². The van der Waals surface area contributed by atoms with Gasteiger partial charge in [-0.05, 0) is 12.8 Å². The zero-order valence-electron chi connectivity index (χ0n) is 9.14. The molecule has 0 heterocycles. The Hall–Kier alpha value is 0.270. The highest BCUT2D eigenvalue weighted by atomic mass is 32.2. The van der Waals surface area contributed by atoms with E-state index in [0.717, 1.165) is 18.9 Å². The van der Waals surface area contributed by atoms with Crippen molar-refractivity contribution in [2.45, 2.75) is 32.7 Å². The molecule has 0 atom stereocenters. The molecule has 1 N–H and O–H groups in total. The molecule has 0 aromatic carbocycles. The Bertz CT molecular complexity index is 96.9. The zero-order valence-corrected chi connectivity index (χ0v) is 9.95. The third kappa shape index (κ3) is 8.60. The van der Waals surface area contributed by atoms with Gasteiger partial charge in [-0.25, -0.2) is 0 Å². The molecule has 0 bridgehead atoms. The summed E-state index contributed by atoms with van der Waals surface area (Å²) in [6, 6.07) is 0.711. The average molecular weight is 205 g/mol. The van der Waals surface area contributed by atoms with E-state index in [1.54, 1.807) is 7.11 Å². The summed E-state index contributed by atoms with van der Waals surface area (Å²) in [5.41, 5.74) is 0. The number of rotatable bonds is 9. The van der Waals surface area contributed by atoms with Gasteiger partial charge < -0.3 is 10.1 Å². The minimum absolute atomic E-state index is 0.711. The molecule has 13 heavy (non-hydrogen) atoms. The molecule has 0 spiro atoms. The Kier molecular flexibility index (Phi) is 10.6. The van der Waals surface area contributed by atoms with Crippen molar-refractivity contribution in [3.05, 3.63) is 0 Å². The molecule has 2 nitrogen and oxygen atoms in total. The van der Waals surface area contributed by atoms with Crippen LogP contribution >= 0.6 is 11.8 Å². The first-order valence-corrected chi connectivity index (χ1v) is 6.30. The fourth-order valence-corrected chi connectivity index (χ4v) is 1.91. The van der Waals surface area contributed by atoms with Crippen LogP contribution in [0.5, 0.6) is 0 Å². The van der Waals surface area contributed by atoms with Gasteiger partial charge in [-0.3, -0.25) is 0 Å². The normalized spacial score (nSPS) is 11.1. The van der Waals surface area contributed by atoms with Crippen LogP contribution in [0.3, 0.4) is 0 Å². The second-order valence-electron chi connectivity index (χ2n) is 3.07. The molecule has 0 rings (SSSR count). The Morgan fingerprint density at radius 3 is 2.46 bits per heavy atom. The first-order chi connectivity index (χ1) is 6.35. The van der Waals surface area contributed by atoms with Crippen molar-refractivity contribution in [3.8, 4) is 0 Å². The number of ether oxygens (including phenoxy) is 1. The molecule has 0 aliphatic rings. The molecule has 0 aliphatic carbocycles. The molecular weight excluding hydrogens is 182 g/mol. The van der Waals surface area contributed by atoms with Gasteiger partial charge in [-0.1, -0.05) is 13.8 Å². The molecule has 0 saturated carbocycles. The van der Waals surface area contributed by atoms with Gasteiger partial charge in [0.05, 0.1) is 6.61 Å². The number of methoxy groups -OCH3 is 1. The van der Waals surface area contributed by atoms with Crippen molar-refractivity contribution >= 4 is 11.8 Å². The number of hydrogen-bond donors (Lipinski definition) is 1. The Balaban J connectivity index is 3.05. The van der Waals surface area contributed by atoms with E-state index < -0.39 is 0 Å². The smallest absolute Gasteiger partial charge is 0.0552 e. The van der Waals surface area contributed by atoms with Crippen molar-refractivity contribution in [3.63, 3.8) is 0 Å². The van der Waals surface area contributed by atoms with Crippen molar-refractivity contribution < 1.29 is 4.74 Å². The standard InChI is InChI=1S/C10H23NOS/c1-4-10(5-2)11-6-8-13-9-7-12-3/h10-11H,4-9H2,1-3H3. The van der Waals surface area contributed by atoms with Crippen molar-refractivity contribution in [1.82, 2.24) is 5.32 Å². The number of nitrogens with one attached hydrogen (secondary N) is 1. The Morgan fingerprint density at radius 2 is 1.92 bits per heavy atom. The summed E-state index contributed by atoms with van der Waals surface area (Å²) in [6.07, 6.45) is 2.47. The van der Waals surface area contributed by atoms with Crippen LogP contribution in [0.15, 0.2) is 0 Å². The van der Waals surface area contributed by atoms with Gasteiger partial charge in [-0.2, -0.15) is 11.8 Å². The highest BCUT2D eigenvalue weighted by Crippen LogP contribution is 1.99. The lowest BCUT2D eigenvalue weighted by Crippen LogP contribution is -2.29. The van der Waals surface area contributed by atoms with Crippen LogP contribution in [-0.4, -0.2) is 37.8 Å². The molecule has 0 saturated heterocycles. The van der Waals surface area contributed by atoms with Crippen molar-refractivity contribution in [2.75, 3.05) is 31.8 Å². The maximum Gasteiger partial charge on any atom is 0.0552 e. The van der Waals surface area contributed by atoms with E-state index in [1.165, 1.54) is 18.6 Å². The van der Waals surface area contributed by atoms with Gasteiger partial charge in [0.2, 0.25) is 0 Å². The average Bonchev–Trinajstić information content (AvgIpc) is 2.17. The molecule has 0 unspecified atom stereocenters. The SMILES string of the molecule is CCC(CC)NCCSCCOC. The van der Waals surface area contributed by atoms with Crippen LogP contribution in [-0.2, 0) is 4.74 Å². The van der Waals surface area contributed by atoms with E-state index in [0.29, 0.717) is 6.04 Å².